The van der Waals surface area contributed by atoms with E-state index in [0.717, 1.165) is 33.3 Å². The molecule has 0 aliphatic rings. The van der Waals surface area contributed by atoms with Crippen LogP contribution in [0.4, 0.5) is 0 Å². The minimum atomic E-state index is -3.87. The van der Waals surface area contributed by atoms with Crippen LogP contribution in [0.15, 0.2) is 132 Å². The first-order valence-electron chi connectivity index (χ1n) is 16.7. The number of nitrogens with zero attached hydrogens (tertiary/aromatic N) is 1. The standard InChI is InChI=1S/C41H38Cl2N2O5S/c1-28(27-42)34-14-8-9-15-39(34)51(48,49)44-24-22-38-35(23-25-50-33-19-16-31(17-20-33)41(46)47)36-26-32(43)18-21-37(36)45(38)40(29-10-4-2-5-11-29)30-12-6-3-7-13-30/h2-21,26,28,40,44H,22-25,27H2,1H3,(H,46,47). The number of aromatic nitrogens is 1. The van der Waals surface area contributed by atoms with Crippen LogP contribution in [0.2, 0.25) is 5.02 Å². The Hall–Kier alpha value is -4.60. The third kappa shape index (κ3) is 8.16. The van der Waals surface area contributed by atoms with E-state index < -0.39 is 16.0 Å². The fourth-order valence-corrected chi connectivity index (χ4v) is 8.28. The van der Waals surface area contributed by atoms with Crippen LogP contribution in [-0.4, -0.2) is 43.1 Å². The van der Waals surface area contributed by atoms with Gasteiger partial charge >= 0.3 is 5.97 Å². The molecule has 0 aliphatic heterocycles. The van der Waals surface area contributed by atoms with Crippen LogP contribution in [0.5, 0.6) is 5.75 Å². The van der Waals surface area contributed by atoms with Gasteiger partial charge < -0.3 is 14.4 Å². The lowest BCUT2D eigenvalue weighted by molar-refractivity contribution is 0.0697. The molecule has 10 heteroatoms. The molecular formula is C41H38Cl2N2O5S. The molecule has 1 aromatic heterocycles. The number of halogens is 2. The van der Waals surface area contributed by atoms with E-state index in [9.17, 15) is 18.3 Å². The summed E-state index contributed by atoms with van der Waals surface area (Å²) in [6, 6.07) is 39.3. The second-order valence-corrected chi connectivity index (χ2v) is 14.8. The molecule has 5 aromatic carbocycles. The molecule has 0 spiro atoms. The van der Waals surface area contributed by atoms with Crippen molar-refractivity contribution in [3.8, 4) is 5.75 Å². The van der Waals surface area contributed by atoms with Gasteiger partial charge in [0.05, 0.1) is 23.1 Å². The molecule has 1 unspecified atom stereocenters. The van der Waals surface area contributed by atoms with E-state index in [1.165, 1.54) is 12.1 Å². The summed E-state index contributed by atoms with van der Waals surface area (Å²) in [5.74, 6) is -0.302. The monoisotopic (exact) mass is 740 g/mol. The fourth-order valence-electron chi connectivity index (χ4n) is 6.57. The molecule has 0 fully saturated rings. The highest BCUT2D eigenvalue weighted by Crippen LogP contribution is 2.38. The van der Waals surface area contributed by atoms with Gasteiger partial charge in [0.25, 0.3) is 0 Å². The Kier molecular flexibility index (Phi) is 11.5. The minimum Gasteiger partial charge on any atom is -0.493 e. The third-order valence-corrected chi connectivity index (χ3v) is 11.3. The summed E-state index contributed by atoms with van der Waals surface area (Å²) >= 11 is 12.8. The van der Waals surface area contributed by atoms with Crippen LogP contribution < -0.4 is 9.46 Å². The molecule has 262 valence electrons. The van der Waals surface area contributed by atoms with E-state index in [0.29, 0.717) is 41.7 Å². The number of alkyl halides is 1. The van der Waals surface area contributed by atoms with Crippen LogP contribution >= 0.6 is 23.2 Å². The van der Waals surface area contributed by atoms with Gasteiger partial charge in [0.15, 0.2) is 0 Å². The van der Waals surface area contributed by atoms with Crippen LogP contribution in [0, 0.1) is 0 Å². The SMILES string of the molecule is CC(CCl)c1ccccc1S(=O)(=O)NCCc1c(CCOc2ccc(C(=O)O)cc2)c2cc(Cl)ccc2n1C(c1ccccc1)c1ccccc1. The number of carbonyl (C=O) groups is 1. The fraction of sp³-hybridized carbons (Fsp3) is 0.195. The highest BCUT2D eigenvalue weighted by Gasteiger charge is 2.27. The van der Waals surface area contributed by atoms with Gasteiger partial charge in [0.2, 0.25) is 10.0 Å². The van der Waals surface area contributed by atoms with E-state index >= 15 is 0 Å². The van der Waals surface area contributed by atoms with E-state index in [1.54, 1.807) is 30.3 Å². The Balaban J connectivity index is 1.43. The number of benzene rings is 5. The van der Waals surface area contributed by atoms with Crippen LogP contribution in [0.25, 0.3) is 10.9 Å². The molecule has 0 radical (unpaired) electrons. The lowest BCUT2D eigenvalue weighted by Crippen LogP contribution is -2.28. The summed E-state index contributed by atoms with van der Waals surface area (Å²) in [5, 5.41) is 10.8. The summed E-state index contributed by atoms with van der Waals surface area (Å²) in [7, 11) is -3.87. The van der Waals surface area contributed by atoms with Gasteiger partial charge in [-0.3, -0.25) is 0 Å². The number of hydrogen-bond acceptors (Lipinski definition) is 4. The first kappa shape index (κ1) is 36.2. The number of fused-ring (bicyclic) bond motifs is 1. The van der Waals surface area contributed by atoms with Crippen molar-refractivity contribution in [3.05, 3.63) is 166 Å². The lowest BCUT2D eigenvalue weighted by atomic mass is 9.97. The number of carboxylic acid groups (broad SMARTS) is 1. The average Bonchev–Trinajstić information content (AvgIpc) is 3.43. The summed E-state index contributed by atoms with van der Waals surface area (Å²) in [4.78, 5) is 11.6. The molecule has 51 heavy (non-hydrogen) atoms. The largest absolute Gasteiger partial charge is 0.493 e. The summed E-state index contributed by atoms with van der Waals surface area (Å²) in [5.41, 5.74) is 5.88. The minimum absolute atomic E-state index is 0.136. The number of nitrogens with one attached hydrogen (secondary N) is 1. The van der Waals surface area contributed by atoms with Gasteiger partial charge in [-0.15, -0.1) is 11.6 Å². The Morgan fingerprint density at radius 1 is 0.843 bits per heavy atom. The molecule has 0 bridgehead atoms. The predicted molar refractivity (Wildman–Crippen MR) is 204 cm³/mol. The summed E-state index contributed by atoms with van der Waals surface area (Å²) in [6.07, 6.45) is 0.858. The van der Waals surface area contributed by atoms with Crippen molar-refractivity contribution in [3.63, 3.8) is 0 Å². The van der Waals surface area contributed by atoms with Gasteiger partial charge in [-0.05, 0) is 76.7 Å². The average molecular weight is 742 g/mol. The first-order chi connectivity index (χ1) is 24.7. The van der Waals surface area contributed by atoms with E-state index in [2.05, 4.69) is 33.6 Å². The number of hydrogen-bond donors (Lipinski definition) is 2. The van der Waals surface area contributed by atoms with Gasteiger partial charge in [0, 0.05) is 46.9 Å². The third-order valence-electron chi connectivity index (χ3n) is 9.02. The van der Waals surface area contributed by atoms with E-state index in [1.807, 2.05) is 67.6 Å². The van der Waals surface area contributed by atoms with Crippen molar-refractivity contribution in [2.24, 2.45) is 0 Å². The quantitative estimate of drug-likeness (QED) is 0.102. The maximum Gasteiger partial charge on any atom is 0.335 e. The van der Waals surface area contributed by atoms with Gasteiger partial charge in [-0.25, -0.2) is 17.9 Å². The molecule has 6 aromatic rings. The molecule has 1 atom stereocenters. The molecule has 1 heterocycles. The van der Waals surface area contributed by atoms with E-state index in [-0.39, 0.29) is 29.0 Å². The normalized spacial score (nSPS) is 12.3. The zero-order valence-electron chi connectivity index (χ0n) is 28.0. The molecule has 2 N–H and O–H groups in total. The highest BCUT2D eigenvalue weighted by molar-refractivity contribution is 7.89. The van der Waals surface area contributed by atoms with Crippen molar-refractivity contribution in [1.29, 1.82) is 0 Å². The smallest absolute Gasteiger partial charge is 0.335 e. The maximum absolute atomic E-state index is 13.8. The zero-order chi connectivity index (χ0) is 36.0. The van der Waals surface area contributed by atoms with Crippen molar-refractivity contribution in [2.45, 2.75) is 36.6 Å². The second kappa shape index (κ2) is 16.2. The Bertz CT molecular complexity index is 2180. The number of ether oxygens (including phenoxy) is 1. The number of rotatable bonds is 15. The maximum atomic E-state index is 13.8. The molecule has 0 saturated carbocycles. The van der Waals surface area contributed by atoms with Crippen LogP contribution in [0.1, 0.15) is 57.2 Å². The molecule has 0 aliphatic carbocycles. The first-order valence-corrected chi connectivity index (χ1v) is 19.1. The Morgan fingerprint density at radius 2 is 1.47 bits per heavy atom. The summed E-state index contributed by atoms with van der Waals surface area (Å²) in [6.45, 7) is 2.34. The second-order valence-electron chi connectivity index (χ2n) is 12.3. The van der Waals surface area contributed by atoms with Crippen molar-refractivity contribution in [2.75, 3.05) is 19.0 Å². The lowest BCUT2D eigenvalue weighted by Gasteiger charge is -2.25. The number of carboxylic acids is 1. The topological polar surface area (TPSA) is 97.6 Å². The van der Waals surface area contributed by atoms with E-state index in [4.69, 9.17) is 27.9 Å². The summed E-state index contributed by atoms with van der Waals surface area (Å²) < 4.78 is 38.9. The number of aromatic carboxylic acids is 1. The van der Waals surface area contributed by atoms with Crippen LogP contribution in [-0.2, 0) is 22.9 Å². The molecular weight excluding hydrogens is 703 g/mol. The van der Waals surface area contributed by atoms with Crippen LogP contribution in [0.3, 0.4) is 0 Å². The molecule has 7 nitrogen and oxygen atoms in total. The van der Waals surface area contributed by atoms with Gasteiger partial charge in [0.1, 0.15) is 5.75 Å². The molecule has 6 rings (SSSR count). The molecule has 0 amide bonds. The van der Waals surface area contributed by atoms with Crippen molar-refractivity contribution >= 4 is 50.1 Å². The predicted octanol–water partition coefficient (Wildman–Crippen LogP) is 9.12. The Labute approximate surface area is 308 Å². The number of sulfonamides is 1. The highest BCUT2D eigenvalue weighted by atomic mass is 35.5. The van der Waals surface area contributed by atoms with Crippen molar-refractivity contribution in [1.82, 2.24) is 9.29 Å². The van der Waals surface area contributed by atoms with Gasteiger partial charge in [-0.1, -0.05) is 97.4 Å². The van der Waals surface area contributed by atoms with Gasteiger partial charge in [-0.2, -0.15) is 0 Å². The van der Waals surface area contributed by atoms with Crippen molar-refractivity contribution < 1.29 is 23.1 Å². The Morgan fingerprint density at radius 3 is 2.10 bits per heavy atom. The molecule has 0 saturated heterocycles. The zero-order valence-corrected chi connectivity index (χ0v) is 30.3.